The fraction of sp³-hybridized carbons (Fsp3) is 0.0526. The molecule has 0 spiro atoms. The Balaban J connectivity index is 1.82. The number of benzene rings is 2. The Morgan fingerprint density at radius 2 is 1.84 bits per heavy atom. The second-order valence-electron chi connectivity index (χ2n) is 5.40. The lowest BCUT2D eigenvalue weighted by Gasteiger charge is -2.11. The van der Waals surface area contributed by atoms with Gasteiger partial charge in [-0.3, -0.25) is 4.79 Å². The Morgan fingerprint density at radius 3 is 2.56 bits per heavy atom. The summed E-state index contributed by atoms with van der Waals surface area (Å²) >= 11 is 0. The number of para-hydroxylation sites is 1. The molecule has 0 fully saturated rings. The van der Waals surface area contributed by atoms with Gasteiger partial charge < -0.3 is 15.8 Å². The Hall–Kier alpha value is -3.41. The van der Waals surface area contributed by atoms with E-state index in [-0.39, 0.29) is 17.1 Å². The maximum absolute atomic E-state index is 14.0. The van der Waals surface area contributed by atoms with Crippen LogP contribution in [-0.4, -0.2) is 10.9 Å². The van der Waals surface area contributed by atoms with Crippen LogP contribution in [0.15, 0.2) is 60.7 Å². The van der Waals surface area contributed by atoms with E-state index in [1.807, 2.05) is 18.2 Å². The van der Waals surface area contributed by atoms with Gasteiger partial charge >= 0.3 is 0 Å². The average Bonchev–Trinajstić information content (AvgIpc) is 2.58. The third-order valence-corrected chi connectivity index (χ3v) is 3.47. The van der Waals surface area contributed by atoms with E-state index in [1.165, 1.54) is 18.2 Å². The zero-order valence-corrected chi connectivity index (χ0v) is 13.5. The number of halogens is 1. The fourth-order valence-corrected chi connectivity index (χ4v) is 2.25. The smallest absolute Gasteiger partial charge is 0.259 e. The van der Waals surface area contributed by atoms with Gasteiger partial charge in [-0.1, -0.05) is 18.2 Å². The van der Waals surface area contributed by atoms with Crippen LogP contribution in [0.4, 0.5) is 15.9 Å². The molecule has 1 aromatic heterocycles. The number of nitrogen functional groups attached to an aromatic ring is 1. The van der Waals surface area contributed by atoms with Crippen molar-refractivity contribution in [1.82, 2.24) is 4.98 Å². The molecule has 0 atom stereocenters. The van der Waals surface area contributed by atoms with Crippen molar-refractivity contribution in [3.8, 4) is 11.5 Å². The lowest BCUT2D eigenvalue weighted by Crippen LogP contribution is -2.16. The number of carbonyl (C=O) groups is 1. The van der Waals surface area contributed by atoms with Crippen LogP contribution in [0.25, 0.3) is 0 Å². The molecule has 0 aliphatic heterocycles. The minimum Gasteiger partial charge on any atom is -0.457 e. The largest absolute Gasteiger partial charge is 0.457 e. The maximum atomic E-state index is 14.0. The van der Waals surface area contributed by atoms with Crippen LogP contribution in [0.3, 0.4) is 0 Å². The molecule has 3 N–H and O–H groups in total. The maximum Gasteiger partial charge on any atom is 0.259 e. The molecule has 1 amide bonds. The Labute approximate surface area is 144 Å². The molecule has 1 heterocycles. The van der Waals surface area contributed by atoms with Gasteiger partial charge in [-0.25, -0.2) is 9.37 Å². The van der Waals surface area contributed by atoms with Crippen LogP contribution in [0.5, 0.6) is 11.5 Å². The van der Waals surface area contributed by atoms with Gasteiger partial charge in [0.15, 0.2) is 0 Å². The standard InChI is InChI=1S/C19H16FN3O2/c1-12-7-9-15(18(21)22-12)19(24)23-17-11-14(8-10-16(17)20)25-13-5-3-2-4-6-13/h2-11H,1H3,(H2,21,22)(H,23,24). The normalized spacial score (nSPS) is 10.3. The van der Waals surface area contributed by atoms with Gasteiger partial charge in [-0.2, -0.15) is 0 Å². The third-order valence-electron chi connectivity index (χ3n) is 3.47. The molecule has 3 aromatic rings. The number of nitrogens with zero attached hydrogens (tertiary/aromatic N) is 1. The van der Waals surface area contributed by atoms with Crippen molar-refractivity contribution in [3.63, 3.8) is 0 Å². The summed E-state index contributed by atoms with van der Waals surface area (Å²) in [7, 11) is 0. The van der Waals surface area contributed by atoms with E-state index in [4.69, 9.17) is 10.5 Å². The molecule has 0 aliphatic rings. The lowest BCUT2D eigenvalue weighted by atomic mass is 10.2. The predicted molar refractivity (Wildman–Crippen MR) is 94.3 cm³/mol. The molecule has 126 valence electrons. The number of amides is 1. The van der Waals surface area contributed by atoms with Crippen LogP contribution in [0, 0.1) is 12.7 Å². The number of carbonyl (C=O) groups excluding carboxylic acids is 1. The number of rotatable bonds is 4. The summed E-state index contributed by atoms with van der Waals surface area (Å²) in [6, 6.07) is 16.4. The highest BCUT2D eigenvalue weighted by Gasteiger charge is 2.14. The average molecular weight is 337 g/mol. The van der Waals surface area contributed by atoms with E-state index in [1.54, 1.807) is 31.2 Å². The van der Waals surface area contributed by atoms with Gasteiger partial charge in [0.05, 0.1) is 11.3 Å². The topological polar surface area (TPSA) is 77.2 Å². The number of hydrogen-bond donors (Lipinski definition) is 2. The van der Waals surface area contributed by atoms with Gasteiger partial charge in [0, 0.05) is 11.8 Å². The summed E-state index contributed by atoms with van der Waals surface area (Å²) in [6.07, 6.45) is 0. The van der Waals surface area contributed by atoms with Crippen molar-refractivity contribution in [2.45, 2.75) is 6.92 Å². The van der Waals surface area contributed by atoms with Crippen molar-refractivity contribution < 1.29 is 13.9 Å². The molecule has 25 heavy (non-hydrogen) atoms. The van der Waals surface area contributed by atoms with Gasteiger partial charge in [-0.05, 0) is 43.3 Å². The summed E-state index contributed by atoms with van der Waals surface area (Å²) in [4.78, 5) is 16.4. The van der Waals surface area contributed by atoms with Gasteiger partial charge in [0.2, 0.25) is 0 Å². The summed E-state index contributed by atoms with van der Waals surface area (Å²) in [5, 5.41) is 2.50. The zero-order valence-electron chi connectivity index (χ0n) is 13.5. The summed E-state index contributed by atoms with van der Waals surface area (Å²) in [5.41, 5.74) is 6.63. The van der Waals surface area contributed by atoms with E-state index >= 15 is 0 Å². The van der Waals surface area contributed by atoms with E-state index in [9.17, 15) is 9.18 Å². The first-order chi connectivity index (χ1) is 12.0. The molecule has 2 aromatic carbocycles. The first kappa shape index (κ1) is 16.4. The first-order valence-electron chi connectivity index (χ1n) is 7.60. The van der Waals surface area contributed by atoms with Crippen molar-refractivity contribution in [2.75, 3.05) is 11.1 Å². The summed E-state index contributed by atoms with van der Waals surface area (Å²) in [5.74, 6) is -0.0148. The Kier molecular flexibility index (Phi) is 4.61. The van der Waals surface area contributed by atoms with Crippen molar-refractivity contribution >= 4 is 17.4 Å². The van der Waals surface area contributed by atoms with Crippen molar-refractivity contribution in [3.05, 3.63) is 77.7 Å². The molecular weight excluding hydrogens is 321 g/mol. The van der Waals surface area contributed by atoms with Crippen LogP contribution in [0.1, 0.15) is 16.1 Å². The van der Waals surface area contributed by atoms with Gasteiger partial charge in [-0.15, -0.1) is 0 Å². The molecule has 0 unspecified atom stereocenters. The third kappa shape index (κ3) is 3.92. The van der Waals surface area contributed by atoms with Crippen molar-refractivity contribution in [2.24, 2.45) is 0 Å². The van der Waals surface area contributed by atoms with E-state index < -0.39 is 11.7 Å². The van der Waals surface area contributed by atoms with E-state index in [0.717, 1.165) is 0 Å². The summed E-state index contributed by atoms with van der Waals surface area (Å²) < 4.78 is 19.7. The van der Waals surface area contributed by atoms with E-state index in [0.29, 0.717) is 17.2 Å². The quantitative estimate of drug-likeness (QED) is 0.749. The van der Waals surface area contributed by atoms with Crippen LogP contribution >= 0.6 is 0 Å². The number of nitrogens with one attached hydrogen (secondary N) is 1. The minimum atomic E-state index is -0.576. The number of aromatic nitrogens is 1. The number of anilines is 2. The number of pyridine rings is 1. The number of nitrogens with two attached hydrogens (primary N) is 1. The molecule has 0 saturated carbocycles. The lowest BCUT2D eigenvalue weighted by molar-refractivity contribution is 0.102. The van der Waals surface area contributed by atoms with Crippen LogP contribution < -0.4 is 15.8 Å². The second kappa shape index (κ2) is 7.00. The highest BCUT2D eigenvalue weighted by atomic mass is 19.1. The predicted octanol–water partition coefficient (Wildman–Crippen LogP) is 4.16. The second-order valence-corrected chi connectivity index (χ2v) is 5.40. The van der Waals surface area contributed by atoms with Gasteiger partial charge in [0.25, 0.3) is 5.91 Å². The first-order valence-corrected chi connectivity index (χ1v) is 7.60. The molecule has 0 aliphatic carbocycles. The minimum absolute atomic E-state index is 0.00148. The van der Waals surface area contributed by atoms with Crippen LogP contribution in [-0.2, 0) is 0 Å². The summed E-state index contributed by atoms with van der Waals surface area (Å²) in [6.45, 7) is 1.77. The number of aryl methyl sites for hydroxylation is 1. The SMILES string of the molecule is Cc1ccc(C(=O)Nc2cc(Oc3ccccc3)ccc2F)c(N)n1. The molecule has 3 rings (SSSR count). The number of hydrogen-bond acceptors (Lipinski definition) is 4. The Morgan fingerprint density at radius 1 is 1.08 bits per heavy atom. The van der Waals surface area contributed by atoms with Crippen molar-refractivity contribution in [1.29, 1.82) is 0 Å². The molecule has 5 nitrogen and oxygen atoms in total. The monoisotopic (exact) mass is 337 g/mol. The molecule has 0 saturated heterocycles. The zero-order chi connectivity index (χ0) is 17.8. The Bertz CT molecular complexity index is 914. The molecule has 6 heteroatoms. The van der Waals surface area contributed by atoms with Crippen LogP contribution in [0.2, 0.25) is 0 Å². The molecular formula is C19H16FN3O2. The molecule has 0 bridgehead atoms. The highest BCUT2D eigenvalue weighted by molar-refractivity contribution is 6.07. The molecule has 0 radical (unpaired) electrons. The fourth-order valence-electron chi connectivity index (χ4n) is 2.25. The van der Waals surface area contributed by atoms with E-state index in [2.05, 4.69) is 10.3 Å². The van der Waals surface area contributed by atoms with Gasteiger partial charge in [0.1, 0.15) is 23.1 Å². The number of ether oxygens (including phenoxy) is 1. The highest BCUT2D eigenvalue weighted by Crippen LogP contribution is 2.26.